The number of nitrogens with one attached hydrogen (secondary N) is 1. The third kappa shape index (κ3) is 9.61. The van der Waals surface area contributed by atoms with Crippen molar-refractivity contribution in [2.45, 2.75) is 38.8 Å². The molecule has 1 aliphatic rings. The first-order chi connectivity index (χ1) is 20.9. The third-order valence-corrected chi connectivity index (χ3v) is 7.27. The van der Waals surface area contributed by atoms with Gasteiger partial charge in [0.05, 0.1) is 25.9 Å². The number of benzene rings is 3. The Morgan fingerprint density at radius 1 is 0.864 bits per heavy atom. The monoisotopic (exact) mass is 626 g/mol. The lowest BCUT2D eigenvalue weighted by molar-refractivity contribution is 0.0508. The lowest BCUT2D eigenvalue weighted by Crippen LogP contribution is -2.54. The number of esters is 1. The van der Waals surface area contributed by atoms with E-state index in [0.29, 0.717) is 60.5 Å². The molecule has 1 aliphatic heterocycles. The van der Waals surface area contributed by atoms with E-state index in [-0.39, 0.29) is 36.3 Å². The summed E-state index contributed by atoms with van der Waals surface area (Å²) in [4.78, 5) is 28.2. The van der Waals surface area contributed by atoms with Crippen LogP contribution in [-0.2, 0) is 4.74 Å². The van der Waals surface area contributed by atoms with Gasteiger partial charge in [0.15, 0.2) is 11.5 Å². The molecule has 10 heteroatoms. The van der Waals surface area contributed by atoms with Crippen LogP contribution in [-0.4, -0.2) is 76.0 Å². The van der Waals surface area contributed by atoms with Gasteiger partial charge in [-0.25, -0.2) is 4.79 Å². The van der Waals surface area contributed by atoms with E-state index in [0.717, 1.165) is 19.4 Å². The van der Waals surface area contributed by atoms with Gasteiger partial charge in [-0.05, 0) is 62.7 Å². The van der Waals surface area contributed by atoms with Crippen molar-refractivity contribution < 1.29 is 33.3 Å². The average Bonchev–Trinajstić information content (AvgIpc) is 3.02. The van der Waals surface area contributed by atoms with Crippen LogP contribution in [0.2, 0.25) is 0 Å². The molecule has 238 valence electrons. The van der Waals surface area contributed by atoms with Crippen LogP contribution < -0.4 is 24.3 Å². The molecule has 0 unspecified atom stereocenters. The minimum absolute atomic E-state index is 0. The molecule has 1 N–H and O–H groups in total. The number of hydrogen-bond acceptors (Lipinski definition) is 8. The van der Waals surface area contributed by atoms with Crippen molar-refractivity contribution in [1.29, 1.82) is 0 Å². The number of ether oxygens (including phenoxy) is 5. The predicted molar refractivity (Wildman–Crippen MR) is 172 cm³/mol. The van der Waals surface area contributed by atoms with E-state index in [2.05, 4.69) is 5.32 Å². The van der Waals surface area contributed by atoms with Crippen LogP contribution in [0, 0.1) is 5.92 Å². The molecule has 0 bridgehead atoms. The molecule has 44 heavy (non-hydrogen) atoms. The highest BCUT2D eigenvalue weighted by Crippen LogP contribution is 2.30. The third-order valence-electron chi connectivity index (χ3n) is 7.27. The number of amides is 1. The zero-order chi connectivity index (χ0) is 30.6. The van der Waals surface area contributed by atoms with Crippen molar-refractivity contribution in [1.82, 2.24) is 10.2 Å². The number of nitrogens with zero attached hydrogens (tertiary/aromatic N) is 1. The molecule has 1 saturated heterocycles. The summed E-state index contributed by atoms with van der Waals surface area (Å²) in [5.41, 5.74) is 1.04. The summed E-state index contributed by atoms with van der Waals surface area (Å²) in [5, 5.41) is 3.49. The highest BCUT2D eigenvalue weighted by atomic mass is 35.5. The van der Waals surface area contributed by atoms with E-state index in [4.69, 9.17) is 23.7 Å². The zero-order valence-corrected chi connectivity index (χ0v) is 26.6. The lowest BCUT2D eigenvalue weighted by Gasteiger charge is -2.40. The Kier molecular flexibility index (Phi) is 13.8. The molecule has 1 fully saturated rings. The largest absolute Gasteiger partial charge is 0.493 e. The number of piperidine rings is 1. The molecule has 3 aromatic rings. The molecule has 9 nitrogen and oxygen atoms in total. The minimum Gasteiger partial charge on any atom is -0.493 e. The molecule has 0 spiro atoms. The molecule has 0 saturated carbocycles. The molecule has 1 amide bonds. The molecular formula is C34H43ClN2O7. The van der Waals surface area contributed by atoms with Gasteiger partial charge in [-0.1, -0.05) is 24.3 Å². The Labute approximate surface area is 266 Å². The van der Waals surface area contributed by atoms with Gasteiger partial charge in [0, 0.05) is 62.9 Å². The van der Waals surface area contributed by atoms with Crippen LogP contribution in [0.3, 0.4) is 0 Å². The Morgan fingerprint density at radius 3 is 2.36 bits per heavy atom. The first-order valence-corrected chi connectivity index (χ1v) is 14.7. The van der Waals surface area contributed by atoms with Crippen molar-refractivity contribution in [2.75, 3.05) is 47.1 Å². The SMILES string of the molecule is COCCCOc1cc(C(=O)N(C(C)C)[C@H]2CNC[C@@H](COc3cccc(OC(=O)c4ccccc4)c3)C2)ccc1OC.Cl. The number of rotatable bonds is 14. The van der Waals surface area contributed by atoms with Gasteiger partial charge in [0.25, 0.3) is 5.91 Å². The summed E-state index contributed by atoms with van der Waals surface area (Å²) >= 11 is 0. The number of hydrogen-bond donors (Lipinski definition) is 1. The molecule has 1 heterocycles. The summed E-state index contributed by atoms with van der Waals surface area (Å²) < 4.78 is 28.1. The normalized spacial score (nSPS) is 16.0. The Morgan fingerprint density at radius 2 is 1.64 bits per heavy atom. The quantitative estimate of drug-likeness (QED) is 0.139. The Bertz CT molecular complexity index is 1340. The van der Waals surface area contributed by atoms with Crippen LogP contribution in [0.15, 0.2) is 72.8 Å². The second kappa shape index (κ2) is 17.5. The van der Waals surface area contributed by atoms with Gasteiger partial charge >= 0.3 is 5.97 Å². The number of halogens is 1. The minimum atomic E-state index is -0.419. The number of methoxy groups -OCH3 is 2. The summed E-state index contributed by atoms with van der Waals surface area (Å²) in [5.74, 6) is 1.87. The fraction of sp³-hybridized carbons (Fsp3) is 0.412. The summed E-state index contributed by atoms with van der Waals surface area (Å²) in [7, 11) is 3.24. The Hall–Kier alpha value is -3.79. The van der Waals surface area contributed by atoms with E-state index in [1.807, 2.05) is 30.9 Å². The number of carbonyl (C=O) groups excluding carboxylic acids is 2. The van der Waals surface area contributed by atoms with E-state index >= 15 is 0 Å². The first-order valence-electron chi connectivity index (χ1n) is 14.7. The van der Waals surface area contributed by atoms with Gasteiger partial charge in [0.2, 0.25) is 0 Å². The molecule has 0 radical (unpaired) electrons. The second-order valence-corrected chi connectivity index (χ2v) is 10.8. The topological polar surface area (TPSA) is 95.6 Å². The molecule has 4 rings (SSSR count). The maximum absolute atomic E-state index is 13.8. The van der Waals surface area contributed by atoms with Gasteiger partial charge in [-0.15, -0.1) is 12.4 Å². The molecule has 2 atom stereocenters. The van der Waals surface area contributed by atoms with E-state index in [9.17, 15) is 9.59 Å². The smallest absolute Gasteiger partial charge is 0.343 e. The second-order valence-electron chi connectivity index (χ2n) is 10.8. The van der Waals surface area contributed by atoms with Crippen molar-refractivity contribution in [3.63, 3.8) is 0 Å². The fourth-order valence-electron chi connectivity index (χ4n) is 5.21. The predicted octanol–water partition coefficient (Wildman–Crippen LogP) is 5.66. The van der Waals surface area contributed by atoms with Gasteiger partial charge < -0.3 is 33.9 Å². The van der Waals surface area contributed by atoms with E-state index < -0.39 is 5.97 Å². The van der Waals surface area contributed by atoms with Crippen LogP contribution in [0.1, 0.15) is 47.4 Å². The van der Waals surface area contributed by atoms with Crippen LogP contribution in [0.25, 0.3) is 0 Å². The maximum atomic E-state index is 13.8. The van der Waals surface area contributed by atoms with Crippen molar-refractivity contribution in [3.05, 3.63) is 83.9 Å². The number of carbonyl (C=O) groups is 2. The molecule has 0 aliphatic carbocycles. The van der Waals surface area contributed by atoms with Crippen molar-refractivity contribution in [2.24, 2.45) is 5.92 Å². The first kappa shape index (κ1) is 34.7. The van der Waals surface area contributed by atoms with Crippen LogP contribution >= 0.6 is 12.4 Å². The summed E-state index contributed by atoms with van der Waals surface area (Å²) in [6.45, 7) is 7.06. The summed E-state index contributed by atoms with van der Waals surface area (Å²) in [6, 6.07) is 21.3. The average molecular weight is 627 g/mol. The highest BCUT2D eigenvalue weighted by Gasteiger charge is 2.32. The summed E-state index contributed by atoms with van der Waals surface area (Å²) in [6.07, 6.45) is 1.52. The van der Waals surface area contributed by atoms with E-state index in [1.165, 1.54) is 0 Å². The molecule has 3 aromatic carbocycles. The molecule has 0 aromatic heterocycles. The van der Waals surface area contributed by atoms with E-state index in [1.54, 1.807) is 74.9 Å². The van der Waals surface area contributed by atoms with Crippen LogP contribution in [0.4, 0.5) is 0 Å². The standard InChI is InChI=1S/C34H42N2O7.ClH/c1-24(2)36(33(37)27-14-15-31(40-4)32(19-27)41-17-9-16-39-3)28-18-25(21-35-22-28)23-42-29-12-8-13-30(20-29)43-34(38)26-10-6-5-7-11-26;/h5-8,10-15,19-20,24-25,28,35H,9,16-18,21-23H2,1-4H3;1H/t25-,28+;/m0./s1. The maximum Gasteiger partial charge on any atom is 0.343 e. The van der Waals surface area contributed by atoms with Crippen molar-refractivity contribution >= 4 is 24.3 Å². The fourth-order valence-corrected chi connectivity index (χ4v) is 5.21. The van der Waals surface area contributed by atoms with Crippen molar-refractivity contribution in [3.8, 4) is 23.0 Å². The van der Waals surface area contributed by atoms with Gasteiger partial charge in [-0.3, -0.25) is 4.79 Å². The zero-order valence-electron chi connectivity index (χ0n) is 25.8. The lowest BCUT2D eigenvalue weighted by atomic mass is 9.94. The molecular weight excluding hydrogens is 584 g/mol. The van der Waals surface area contributed by atoms with Gasteiger partial charge in [-0.2, -0.15) is 0 Å². The van der Waals surface area contributed by atoms with Crippen LogP contribution in [0.5, 0.6) is 23.0 Å². The highest BCUT2D eigenvalue weighted by molar-refractivity contribution is 5.95. The Balaban J connectivity index is 0.00000529. The van der Waals surface area contributed by atoms with Gasteiger partial charge in [0.1, 0.15) is 11.5 Å².